The minimum Gasteiger partial charge on any atom is -0.353 e. The first kappa shape index (κ1) is 22.8. The Morgan fingerprint density at radius 3 is 2.32 bits per heavy atom. The molecule has 8 heteroatoms. The van der Waals surface area contributed by atoms with Gasteiger partial charge in [-0.3, -0.25) is 4.79 Å². The van der Waals surface area contributed by atoms with Gasteiger partial charge in [-0.15, -0.1) is 5.10 Å². The molecule has 2 fully saturated rings. The lowest BCUT2D eigenvalue weighted by Crippen LogP contribution is -2.43. The predicted molar refractivity (Wildman–Crippen MR) is 134 cm³/mol. The van der Waals surface area contributed by atoms with Gasteiger partial charge in [0.1, 0.15) is 5.52 Å². The Morgan fingerprint density at radius 2 is 1.68 bits per heavy atom. The van der Waals surface area contributed by atoms with E-state index in [1.165, 1.54) is 5.56 Å². The summed E-state index contributed by atoms with van der Waals surface area (Å²) in [4.78, 5) is 19.7. The van der Waals surface area contributed by atoms with E-state index in [0.29, 0.717) is 11.9 Å². The highest BCUT2D eigenvalue weighted by atomic mass is 16.2. The number of likely N-dealkylation sites (tertiary alicyclic amines) is 1. The van der Waals surface area contributed by atoms with Gasteiger partial charge in [0.05, 0.1) is 22.5 Å². The normalized spacial score (nSPS) is 19.5. The molecule has 5 rings (SSSR count). The van der Waals surface area contributed by atoms with Crippen LogP contribution in [0.15, 0.2) is 24.3 Å². The lowest BCUT2D eigenvalue weighted by Gasteiger charge is -2.33. The molecule has 180 valence electrons. The zero-order valence-electron chi connectivity index (χ0n) is 21.0. The van der Waals surface area contributed by atoms with E-state index >= 15 is 0 Å². The molecule has 0 N–H and O–H groups in total. The van der Waals surface area contributed by atoms with Gasteiger partial charge in [0, 0.05) is 38.1 Å². The molecular weight excluding hydrogens is 426 g/mol. The number of hydrogen-bond acceptors (Lipinski definition) is 6. The summed E-state index contributed by atoms with van der Waals surface area (Å²) in [6.45, 7) is 9.50. The number of aromatic nitrogens is 4. The first-order chi connectivity index (χ1) is 16.3. The lowest BCUT2D eigenvalue weighted by atomic mass is 9.95. The van der Waals surface area contributed by atoms with E-state index in [4.69, 9.17) is 5.10 Å². The molecule has 8 nitrogen and oxygen atoms in total. The summed E-state index contributed by atoms with van der Waals surface area (Å²) in [6.07, 6.45) is 2.75. The van der Waals surface area contributed by atoms with Gasteiger partial charge in [-0.05, 0) is 66.3 Å². The first-order valence-electron chi connectivity index (χ1n) is 12.3. The second-order valence-corrected chi connectivity index (χ2v) is 10.1. The minimum atomic E-state index is 0.0953. The van der Waals surface area contributed by atoms with Gasteiger partial charge in [-0.2, -0.15) is 10.2 Å². The Kier molecular flexibility index (Phi) is 6.02. The lowest BCUT2D eigenvalue weighted by molar-refractivity contribution is -0.135. The van der Waals surface area contributed by atoms with Crippen molar-refractivity contribution >= 4 is 22.6 Å². The van der Waals surface area contributed by atoms with Gasteiger partial charge in [-0.1, -0.05) is 17.7 Å². The standard InChI is InChI=1S/C26H35N7O/c1-17-6-8-21(9-7-17)33-19(3)23-18(2)27-28-25(24(23)29-33)31-13-10-20(11-14-31)26(34)32-15-12-22(16-32)30(4)5/h6-9,20,22H,10-16H2,1-5H3/t22-/m1/s1. The van der Waals surface area contributed by atoms with Crippen molar-refractivity contribution in [1.82, 2.24) is 29.8 Å². The number of anilines is 1. The SMILES string of the molecule is Cc1ccc(-n2nc3c(N4CCC(C(=O)N5CC[C@@H](N(C)C)C5)CC4)nnc(C)c3c2C)cc1. The average Bonchev–Trinajstić information content (AvgIpc) is 3.46. The number of rotatable bonds is 4. The summed E-state index contributed by atoms with van der Waals surface area (Å²) in [6, 6.07) is 8.88. The largest absolute Gasteiger partial charge is 0.353 e. The zero-order chi connectivity index (χ0) is 24.0. The van der Waals surface area contributed by atoms with Gasteiger partial charge < -0.3 is 14.7 Å². The van der Waals surface area contributed by atoms with Crippen LogP contribution in [-0.2, 0) is 4.79 Å². The summed E-state index contributed by atoms with van der Waals surface area (Å²) in [5, 5.41) is 15.1. The Bertz CT molecular complexity index is 1190. The summed E-state index contributed by atoms with van der Waals surface area (Å²) in [5.41, 5.74) is 5.12. The van der Waals surface area contributed by atoms with Crippen molar-refractivity contribution in [3.8, 4) is 5.69 Å². The van der Waals surface area contributed by atoms with Crippen molar-refractivity contribution in [3.05, 3.63) is 41.2 Å². The molecule has 0 spiro atoms. The van der Waals surface area contributed by atoms with Gasteiger partial charge in [-0.25, -0.2) is 4.68 Å². The van der Waals surface area contributed by atoms with Crippen LogP contribution in [0.1, 0.15) is 36.2 Å². The highest BCUT2D eigenvalue weighted by molar-refractivity contribution is 5.92. The number of likely N-dealkylation sites (N-methyl/N-ethyl adjacent to an activating group) is 1. The molecule has 0 bridgehead atoms. The minimum absolute atomic E-state index is 0.0953. The van der Waals surface area contributed by atoms with Crippen LogP contribution in [0.4, 0.5) is 5.82 Å². The number of benzene rings is 1. The highest BCUT2D eigenvalue weighted by Gasteiger charge is 2.34. The van der Waals surface area contributed by atoms with E-state index in [1.807, 2.05) is 11.6 Å². The van der Waals surface area contributed by atoms with Crippen LogP contribution in [0.25, 0.3) is 16.6 Å². The van der Waals surface area contributed by atoms with Crippen molar-refractivity contribution in [2.75, 3.05) is 45.2 Å². The van der Waals surface area contributed by atoms with E-state index in [9.17, 15) is 4.79 Å². The molecule has 1 amide bonds. The number of carbonyl (C=O) groups excluding carboxylic acids is 1. The maximum absolute atomic E-state index is 13.1. The molecule has 34 heavy (non-hydrogen) atoms. The molecule has 0 radical (unpaired) electrons. The number of carbonyl (C=O) groups is 1. The molecular formula is C26H35N7O. The number of aryl methyl sites for hydroxylation is 3. The molecule has 1 aromatic carbocycles. The molecule has 2 aliphatic rings. The van der Waals surface area contributed by atoms with Crippen LogP contribution in [0, 0.1) is 26.7 Å². The van der Waals surface area contributed by atoms with Crippen molar-refractivity contribution in [2.45, 2.75) is 46.1 Å². The van der Waals surface area contributed by atoms with Crippen LogP contribution in [0.2, 0.25) is 0 Å². The fourth-order valence-corrected chi connectivity index (χ4v) is 5.42. The Labute approximate surface area is 201 Å². The topological polar surface area (TPSA) is 70.4 Å². The Morgan fingerprint density at radius 1 is 0.971 bits per heavy atom. The van der Waals surface area contributed by atoms with Crippen molar-refractivity contribution in [2.24, 2.45) is 5.92 Å². The molecule has 2 aromatic heterocycles. The first-order valence-corrected chi connectivity index (χ1v) is 12.3. The number of piperidine rings is 1. The van der Waals surface area contributed by atoms with Crippen molar-refractivity contribution in [1.29, 1.82) is 0 Å². The fraction of sp³-hybridized carbons (Fsp3) is 0.538. The Hall–Kier alpha value is -3.00. The van der Waals surface area contributed by atoms with Crippen LogP contribution >= 0.6 is 0 Å². The third-order valence-corrected chi connectivity index (χ3v) is 7.61. The smallest absolute Gasteiger partial charge is 0.225 e. The van der Waals surface area contributed by atoms with Crippen LogP contribution in [0.3, 0.4) is 0 Å². The number of nitrogens with zero attached hydrogens (tertiary/aromatic N) is 7. The molecule has 4 heterocycles. The molecule has 0 aliphatic carbocycles. The maximum Gasteiger partial charge on any atom is 0.225 e. The zero-order valence-corrected chi connectivity index (χ0v) is 21.0. The predicted octanol–water partition coefficient (Wildman–Crippen LogP) is 3.12. The molecule has 2 saturated heterocycles. The monoisotopic (exact) mass is 461 g/mol. The summed E-state index contributed by atoms with van der Waals surface area (Å²) >= 11 is 0. The van der Waals surface area contributed by atoms with Crippen LogP contribution in [0.5, 0.6) is 0 Å². The van der Waals surface area contributed by atoms with E-state index in [2.05, 4.69) is 77.1 Å². The van der Waals surface area contributed by atoms with E-state index in [0.717, 1.165) is 79.2 Å². The second-order valence-electron chi connectivity index (χ2n) is 10.1. The van der Waals surface area contributed by atoms with E-state index < -0.39 is 0 Å². The van der Waals surface area contributed by atoms with Crippen LogP contribution in [-0.4, -0.2) is 82.0 Å². The number of amides is 1. The summed E-state index contributed by atoms with van der Waals surface area (Å²) in [5.74, 6) is 1.25. The van der Waals surface area contributed by atoms with Crippen molar-refractivity contribution < 1.29 is 4.79 Å². The third kappa shape index (κ3) is 4.04. The van der Waals surface area contributed by atoms with Crippen molar-refractivity contribution in [3.63, 3.8) is 0 Å². The van der Waals surface area contributed by atoms with Gasteiger partial charge in [0.25, 0.3) is 0 Å². The highest BCUT2D eigenvalue weighted by Crippen LogP contribution is 2.32. The number of fused-ring (bicyclic) bond motifs is 1. The van der Waals surface area contributed by atoms with Crippen LogP contribution < -0.4 is 4.90 Å². The van der Waals surface area contributed by atoms with Gasteiger partial charge >= 0.3 is 0 Å². The Balaban J connectivity index is 1.35. The summed E-state index contributed by atoms with van der Waals surface area (Å²) in [7, 11) is 4.20. The van der Waals surface area contributed by atoms with E-state index in [1.54, 1.807) is 0 Å². The molecule has 1 atom stereocenters. The molecule has 2 aliphatic heterocycles. The molecule has 3 aromatic rings. The van der Waals surface area contributed by atoms with E-state index in [-0.39, 0.29) is 5.92 Å². The second kappa shape index (κ2) is 8.98. The van der Waals surface area contributed by atoms with Gasteiger partial charge in [0.2, 0.25) is 5.91 Å². The quantitative estimate of drug-likeness (QED) is 0.595. The summed E-state index contributed by atoms with van der Waals surface area (Å²) < 4.78 is 1.99. The fourth-order valence-electron chi connectivity index (χ4n) is 5.42. The molecule has 0 unspecified atom stereocenters. The third-order valence-electron chi connectivity index (χ3n) is 7.61. The molecule has 0 saturated carbocycles. The maximum atomic E-state index is 13.1. The number of hydrogen-bond donors (Lipinski definition) is 0. The van der Waals surface area contributed by atoms with Gasteiger partial charge in [0.15, 0.2) is 5.82 Å². The average molecular weight is 462 g/mol.